The summed E-state index contributed by atoms with van der Waals surface area (Å²) in [6, 6.07) is 1.92. The van der Waals surface area contributed by atoms with E-state index in [0.717, 1.165) is 19.0 Å². The molecular weight excluding hydrogens is 327 g/mol. The van der Waals surface area contributed by atoms with Gasteiger partial charge in [0.05, 0.1) is 6.10 Å². The number of anilines is 1. The van der Waals surface area contributed by atoms with Crippen LogP contribution in [0.1, 0.15) is 19.3 Å². The summed E-state index contributed by atoms with van der Waals surface area (Å²) in [5, 5.41) is 12.1. The number of amides is 2. The molecule has 2 rings (SSSR count). The third-order valence-corrected chi connectivity index (χ3v) is 4.09. The van der Waals surface area contributed by atoms with Crippen LogP contribution in [-0.2, 0) is 6.54 Å². The van der Waals surface area contributed by atoms with Gasteiger partial charge < -0.3 is 19.9 Å². The van der Waals surface area contributed by atoms with Crippen molar-refractivity contribution in [3.05, 3.63) is 28.7 Å². The number of aliphatic hydroxyl groups excluding tert-OH is 1. The van der Waals surface area contributed by atoms with Crippen LogP contribution in [0.2, 0.25) is 0 Å². The Labute approximate surface area is 136 Å². The smallest absolute Gasteiger partial charge is 0.393 e. The minimum absolute atomic E-state index is 0.0292. The standard InChI is InChI=1S/C15H20F3N3O3/c1-20(8-10-4-2-6-12(10)22)14(24)19-11-5-3-7-21(13(11)23)9-15(16,17)18/h3,5,7,10,12,22H,2,4,6,8-9H2,1H3,(H,19,24). The highest BCUT2D eigenvalue weighted by Crippen LogP contribution is 2.26. The van der Waals surface area contributed by atoms with E-state index in [1.54, 1.807) is 0 Å². The molecule has 1 fully saturated rings. The molecule has 2 N–H and O–H groups in total. The highest BCUT2D eigenvalue weighted by atomic mass is 19.4. The molecule has 2 atom stereocenters. The fourth-order valence-corrected chi connectivity index (χ4v) is 2.83. The van der Waals surface area contributed by atoms with E-state index in [1.807, 2.05) is 0 Å². The molecule has 2 amide bonds. The Morgan fingerprint density at radius 2 is 2.17 bits per heavy atom. The molecule has 0 saturated heterocycles. The Balaban J connectivity index is 2.03. The van der Waals surface area contributed by atoms with Gasteiger partial charge in [-0.1, -0.05) is 6.42 Å². The molecule has 24 heavy (non-hydrogen) atoms. The first-order chi connectivity index (χ1) is 11.2. The zero-order chi connectivity index (χ0) is 17.9. The van der Waals surface area contributed by atoms with Gasteiger partial charge in [-0.3, -0.25) is 4.79 Å². The van der Waals surface area contributed by atoms with Crippen LogP contribution in [0, 0.1) is 5.92 Å². The third kappa shape index (κ3) is 4.73. The van der Waals surface area contributed by atoms with Crippen molar-refractivity contribution in [1.29, 1.82) is 0 Å². The van der Waals surface area contributed by atoms with Gasteiger partial charge in [-0.05, 0) is 25.0 Å². The van der Waals surface area contributed by atoms with E-state index in [9.17, 15) is 27.9 Å². The molecule has 0 spiro atoms. The van der Waals surface area contributed by atoms with Crippen LogP contribution in [0.5, 0.6) is 0 Å². The summed E-state index contributed by atoms with van der Waals surface area (Å²) in [6.07, 6.45) is -1.57. The number of carbonyl (C=O) groups excluding carboxylic acids is 1. The summed E-state index contributed by atoms with van der Waals surface area (Å²) < 4.78 is 37.8. The number of halogens is 3. The zero-order valence-corrected chi connectivity index (χ0v) is 13.2. The summed E-state index contributed by atoms with van der Waals surface area (Å²) >= 11 is 0. The number of pyridine rings is 1. The van der Waals surface area contributed by atoms with Crippen LogP contribution < -0.4 is 10.9 Å². The van der Waals surface area contributed by atoms with E-state index in [0.29, 0.717) is 17.5 Å². The highest BCUT2D eigenvalue weighted by Gasteiger charge is 2.29. The van der Waals surface area contributed by atoms with Crippen molar-refractivity contribution in [2.24, 2.45) is 5.92 Å². The van der Waals surface area contributed by atoms with Gasteiger partial charge >= 0.3 is 12.2 Å². The molecule has 1 aliphatic rings. The van der Waals surface area contributed by atoms with Gasteiger partial charge in [-0.25, -0.2) is 4.79 Å². The predicted octanol–water partition coefficient (Wildman–Crippen LogP) is 2.04. The van der Waals surface area contributed by atoms with Crippen LogP contribution in [0.15, 0.2) is 23.1 Å². The van der Waals surface area contributed by atoms with Crippen molar-refractivity contribution in [2.75, 3.05) is 18.9 Å². The lowest BCUT2D eigenvalue weighted by Crippen LogP contribution is -2.39. The maximum Gasteiger partial charge on any atom is 0.406 e. The maximum atomic E-state index is 12.4. The normalized spacial score (nSPS) is 20.9. The van der Waals surface area contributed by atoms with E-state index < -0.39 is 30.4 Å². The fraction of sp³-hybridized carbons (Fsp3) is 0.600. The molecule has 2 unspecified atom stereocenters. The molecule has 0 radical (unpaired) electrons. The number of nitrogens with zero attached hydrogens (tertiary/aromatic N) is 2. The van der Waals surface area contributed by atoms with Gasteiger partial charge in [-0.15, -0.1) is 0 Å². The lowest BCUT2D eigenvalue weighted by atomic mass is 10.1. The first-order valence-electron chi connectivity index (χ1n) is 7.64. The van der Waals surface area contributed by atoms with Crippen molar-refractivity contribution in [1.82, 2.24) is 9.47 Å². The minimum Gasteiger partial charge on any atom is -0.393 e. The van der Waals surface area contributed by atoms with Crippen LogP contribution in [-0.4, -0.2) is 46.5 Å². The van der Waals surface area contributed by atoms with Gasteiger partial charge in [0.15, 0.2) is 0 Å². The molecule has 6 nitrogen and oxygen atoms in total. The number of alkyl halides is 3. The Morgan fingerprint density at radius 3 is 2.75 bits per heavy atom. The van der Waals surface area contributed by atoms with E-state index in [4.69, 9.17) is 0 Å². The molecule has 1 aliphatic carbocycles. The van der Waals surface area contributed by atoms with Crippen LogP contribution >= 0.6 is 0 Å². The zero-order valence-electron chi connectivity index (χ0n) is 13.2. The first kappa shape index (κ1) is 18.3. The van der Waals surface area contributed by atoms with Crippen LogP contribution in [0.4, 0.5) is 23.7 Å². The van der Waals surface area contributed by atoms with E-state index >= 15 is 0 Å². The van der Waals surface area contributed by atoms with Crippen LogP contribution in [0.3, 0.4) is 0 Å². The Hall–Kier alpha value is -2.03. The van der Waals surface area contributed by atoms with Crippen molar-refractivity contribution in [3.8, 4) is 0 Å². The molecule has 0 aliphatic heterocycles. The summed E-state index contributed by atoms with van der Waals surface area (Å²) in [7, 11) is 1.51. The second-order valence-corrected chi connectivity index (χ2v) is 6.04. The number of rotatable bonds is 4. The maximum absolute atomic E-state index is 12.4. The summed E-state index contributed by atoms with van der Waals surface area (Å²) in [6.45, 7) is -1.10. The summed E-state index contributed by atoms with van der Waals surface area (Å²) in [5.41, 5.74) is -1.14. The fourth-order valence-electron chi connectivity index (χ4n) is 2.83. The highest BCUT2D eigenvalue weighted by molar-refractivity contribution is 5.88. The molecule has 1 aromatic heterocycles. The average molecular weight is 347 g/mol. The van der Waals surface area contributed by atoms with Gasteiger partial charge in [0.2, 0.25) is 0 Å². The Kier molecular flexibility index (Phi) is 5.53. The molecule has 9 heteroatoms. The van der Waals surface area contributed by atoms with Crippen LogP contribution in [0.25, 0.3) is 0 Å². The second kappa shape index (κ2) is 7.25. The second-order valence-electron chi connectivity index (χ2n) is 6.04. The monoisotopic (exact) mass is 347 g/mol. The van der Waals surface area contributed by atoms with Gasteiger partial charge in [-0.2, -0.15) is 13.2 Å². The topological polar surface area (TPSA) is 74.6 Å². The molecule has 1 saturated carbocycles. The molecule has 1 heterocycles. The molecule has 0 bridgehead atoms. The Bertz CT molecular complexity index is 645. The number of urea groups is 1. The quantitative estimate of drug-likeness (QED) is 0.875. The van der Waals surface area contributed by atoms with Crippen molar-refractivity contribution >= 4 is 11.7 Å². The minimum atomic E-state index is -4.53. The predicted molar refractivity (Wildman–Crippen MR) is 81.8 cm³/mol. The number of carbonyl (C=O) groups is 1. The Morgan fingerprint density at radius 1 is 1.46 bits per heavy atom. The molecule has 1 aromatic rings. The van der Waals surface area contributed by atoms with Crippen molar-refractivity contribution in [2.45, 2.75) is 38.1 Å². The molecule has 134 valence electrons. The number of hydrogen-bond acceptors (Lipinski definition) is 3. The first-order valence-corrected chi connectivity index (χ1v) is 7.64. The van der Waals surface area contributed by atoms with Gasteiger partial charge in [0.1, 0.15) is 12.2 Å². The third-order valence-electron chi connectivity index (χ3n) is 4.09. The number of nitrogens with one attached hydrogen (secondary N) is 1. The SMILES string of the molecule is CN(CC1CCCC1O)C(=O)Nc1cccn(CC(F)(F)F)c1=O. The largest absolute Gasteiger partial charge is 0.406 e. The number of aromatic nitrogens is 1. The van der Waals surface area contributed by atoms with E-state index in [2.05, 4.69) is 5.32 Å². The van der Waals surface area contributed by atoms with Crippen molar-refractivity contribution in [3.63, 3.8) is 0 Å². The number of hydrogen-bond donors (Lipinski definition) is 2. The average Bonchev–Trinajstić information content (AvgIpc) is 2.87. The lowest BCUT2D eigenvalue weighted by Gasteiger charge is -2.23. The van der Waals surface area contributed by atoms with Gasteiger partial charge in [0.25, 0.3) is 5.56 Å². The van der Waals surface area contributed by atoms with E-state index in [-0.39, 0.29) is 11.6 Å². The van der Waals surface area contributed by atoms with Crippen molar-refractivity contribution < 1.29 is 23.1 Å². The lowest BCUT2D eigenvalue weighted by molar-refractivity contribution is -0.141. The molecule has 0 aromatic carbocycles. The van der Waals surface area contributed by atoms with E-state index in [1.165, 1.54) is 24.1 Å². The van der Waals surface area contributed by atoms with Gasteiger partial charge in [0, 0.05) is 25.7 Å². The summed E-state index contributed by atoms with van der Waals surface area (Å²) in [5.74, 6) is -0.0292. The molecular formula is C15H20F3N3O3. The number of aliphatic hydroxyl groups is 1. The summed E-state index contributed by atoms with van der Waals surface area (Å²) in [4.78, 5) is 25.4.